The van der Waals surface area contributed by atoms with E-state index in [4.69, 9.17) is 19.5 Å². The molecule has 1 N–H and O–H groups in total. The fourth-order valence-electron chi connectivity index (χ4n) is 3.30. The summed E-state index contributed by atoms with van der Waals surface area (Å²) in [5.41, 5.74) is 3.20. The van der Waals surface area contributed by atoms with Crippen LogP contribution in [0.15, 0.2) is 42.5 Å². The molecule has 1 fully saturated rings. The van der Waals surface area contributed by atoms with Crippen LogP contribution < -0.4 is 10.2 Å². The molecule has 1 aliphatic rings. The van der Waals surface area contributed by atoms with Gasteiger partial charge in [-0.3, -0.25) is 14.5 Å². The number of anilines is 2. The minimum atomic E-state index is -0.476. The number of benzene rings is 2. The molecule has 3 rings (SSSR count). The number of methoxy groups -OCH3 is 2. The predicted octanol–water partition coefficient (Wildman–Crippen LogP) is 2.43. The minimum Gasteiger partial charge on any atom is -0.469 e. The first-order chi connectivity index (χ1) is 15.4. The monoisotopic (exact) mass is 437 g/mol. The molecule has 0 aromatic heterocycles. The van der Waals surface area contributed by atoms with Gasteiger partial charge in [0.1, 0.15) is 6.10 Å². The average Bonchev–Trinajstić information content (AvgIpc) is 3.19. The summed E-state index contributed by atoms with van der Waals surface area (Å²) in [4.78, 5) is 37.2. The van der Waals surface area contributed by atoms with Crippen LogP contribution >= 0.6 is 0 Å². The molecule has 1 aliphatic heterocycles. The second-order valence-electron chi connectivity index (χ2n) is 7.15. The molecule has 0 saturated carbocycles. The fraction of sp³-hybridized carbons (Fsp3) is 0.304. The maximum Gasteiger partial charge on any atom is 0.414 e. The summed E-state index contributed by atoms with van der Waals surface area (Å²) < 4.78 is 14.9. The van der Waals surface area contributed by atoms with Crippen LogP contribution in [0.1, 0.15) is 16.7 Å². The van der Waals surface area contributed by atoms with E-state index in [1.807, 2.05) is 6.07 Å². The van der Waals surface area contributed by atoms with Gasteiger partial charge in [0, 0.05) is 11.4 Å². The second kappa shape index (κ2) is 10.3. The highest BCUT2D eigenvalue weighted by Crippen LogP contribution is 2.24. The van der Waals surface area contributed by atoms with Crippen molar-refractivity contribution in [3.63, 3.8) is 0 Å². The summed E-state index contributed by atoms with van der Waals surface area (Å²) in [6.45, 7) is 0.625. The summed E-state index contributed by atoms with van der Waals surface area (Å²) in [6.07, 6.45) is -0.766. The maximum absolute atomic E-state index is 12.3. The molecule has 1 amide bonds. The number of esters is 2. The van der Waals surface area contributed by atoms with Gasteiger partial charge < -0.3 is 19.5 Å². The highest BCUT2D eigenvalue weighted by atomic mass is 16.6. The van der Waals surface area contributed by atoms with Crippen LogP contribution in [0.3, 0.4) is 0 Å². The number of rotatable bonds is 8. The number of nitrogens with zero attached hydrogens (tertiary/aromatic N) is 2. The number of hydrogen-bond donors (Lipinski definition) is 1. The van der Waals surface area contributed by atoms with Crippen LogP contribution in [-0.4, -0.2) is 51.4 Å². The van der Waals surface area contributed by atoms with Gasteiger partial charge in [0.05, 0.1) is 51.8 Å². The van der Waals surface area contributed by atoms with E-state index in [1.54, 1.807) is 42.5 Å². The Bertz CT molecular complexity index is 1040. The highest BCUT2D eigenvalue weighted by Gasteiger charge is 2.32. The van der Waals surface area contributed by atoms with Gasteiger partial charge in [-0.1, -0.05) is 12.1 Å². The largest absolute Gasteiger partial charge is 0.469 e. The number of hydrogen-bond acceptors (Lipinski definition) is 8. The zero-order valence-corrected chi connectivity index (χ0v) is 17.8. The van der Waals surface area contributed by atoms with Gasteiger partial charge in [0.25, 0.3) is 0 Å². The molecule has 1 heterocycles. The van der Waals surface area contributed by atoms with Crippen LogP contribution in [0.5, 0.6) is 0 Å². The molecule has 0 radical (unpaired) electrons. The number of carbonyl (C=O) groups excluding carboxylic acids is 3. The molecule has 1 saturated heterocycles. The van der Waals surface area contributed by atoms with Crippen molar-refractivity contribution in [2.45, 2.75) is 18.9 Å². The summed E-state index contributed by atoms with van der Waals surface area (Å²) >= 11 is 0. The molecule has 0 spiro atoms. The number of ether oxygens (including phenoxy) is 3. The van der Waals surface area contributed by atoms with Gasteiger partial charge in [-0.2, -0.15) is 5.26 Å². The SMILES string of the molecule is COC(=O)Cc1ccc(CC(=O)OC)c(NCC2CN(c3ccc(C#N)cc3)C(=O)O2)c1. The molecule has 1 atom stereocenters. The normalized spacial score (nSPS) is 15.0. The third-order valence-electron chi connectivity index (χ3n) is 5.02. The van der Waals surface area contributed by atoms with Crippen LogP contribution in [0.2, 0.25) is 0 Å². The number of nitrogens with one attached hydrogen (secondary N) is 1. The van der Waals surface area contributed by atoms with Crippen LogP contribution in [0, 0.1) is 11.3 Å². The third kappa shape index (κ3) is 5.55. The summed E-state index contributed by atoms with van der Waals surface area (Å²) in [5, 5.41) is 12.1. The molecular weight excluding hydrogens is 414 g/mol. The smallest absolute Gasteiger partial charge is 0.414 e. The van der Waals surface area contributed by atoms with E-state index in [2.05, 4.69) is 5.32 Å². The Morgan fingerprint density at radius 1 is 1.12 bits per heavy atom. The Morgan fingerprint density at radius 3 is 2.47 bits per heavy atom. The quantitative estimate of drug-likeness (QED) is 0.494. The molecule has 0 aliphatic carbocycles. The molecule has 0 bridgehead atoms. The standard InChI is InChI=1S/C23H23N3O6/c1-30-21(27)10-16-3-6-17(11-22(28)31-2)20(9-16)25-13-19-14-26(23(29)32-19)18-7-4-15(12-24)5-8-18/h3-9,19,25H,10-11,13-14H2,1-2H3. The lowest BCUT2D eigenvalue weighted by atomic mass is 10.0. The summed E-state index contributed by atoms with van der Waals surface area (Å²) in [6, 6.07) is 14.0. The van der Waals surface area contributed by atoms with E-state index in [1.165, 1.54) is 19.1 Å². The van der Waals surface area contributed by atoms with Gasteiger partial charge in [-0.15, -0.1) is 0 Å². The van der Waals surface area contributed by atoms with Gasteiger partial charge in [-0.25, -0.2) is 4.79 Å². The molecule has 9 heteroatoms. The van der Waals surface area contributed by atoms with Crippen molar-refractivity contribution < 1.29 is 28.6 Å². The van der Waals surface area contributed by atoms with Crippen molar-refractivity contribution in [3.05, 3.63) is 59.2 Å². The minimum absolute atomic E-state index is 0.0547. The Hall–Kier alpha value is -4.06. The first-order valence-electron chi connectivity index (χ1n) is 9.91. The molecule has 2 aromatic carbocycles. The number of nitriles is 1. The number of carbonyl (C=O) groups is 3. The molecular formula is C23H23N3O6. The highest BCUT2D eigenvalue weighted by molar-refractivity contribution is 5.89. The van der Waals surface area contributed by atoms with Crippen LogP contribution in [-0.2, 0) is 36.6 Å². The lowest BCUT2D eigenvalue weighted by Gasteiger charge is -2.16. The van der Waals surface area contributed by atoms with Crippen LogP contribution in [0.25, 0.3) is 0 Å². The van der Waals surface area contributed by atoms with Gasteiger partial charge in [0.15, 0.2) is 0 Å². The molecule has 9 nitrogen and oxygen atoms in total. The van der Waals surface area contributed by atoms with E-state index in [0.717, 1.165) is 5.56 Å². The summed E-state index contributed by atoms with van der Waals surface area (Å²) in [7, 11) is 2.64. The number of amides is 1. The van der Waals surface area contributed by atoms with Crippen molar-refractivity contribution in [1.82, 2.24) is 0 Å². The lowest BCUT2D eigenvalue weighted by molar-refractivity contribution is -0.140. The number of cyclic esters (lactones) is 1. The third-order valence-corrected chi connectivity index (χ3v) is 5.02. The predicted molar refractivity (Wildman–Crippen MR) is 115 cm³/mol. The molecule has 166 valence electrons. The Morgan fingerprint density at radius 2 is 1.81 bits per heavy atom. The van der Waals surface area contributed by atoms with E-state index < -0.39 is 18.2 Å². The maximum atomic E-state index is 12.3. The van der Waals surface area contributed by atoms with Crippen molar-refractivity contribution in [3.8, 4) is 6.07 Å². The Balaban J connectivity index is 1.70. The first kappa shape index (κ1) is 22.6. The molecule has 1 unspecified atom stereocenters. The fourth-order valence-corrected chi connectivity index (χ4v) is 3.30. The first-order valence-corrected chi connectivity index (χ1v) is 9.91. The van der Waals surface area contributed by atoms with Gasteiger partial charge in [0.2, 0.25) is 0 Å². The topological polar surface area (TPSA) is 118 Å². The zero-order valence-electron chi connectivity index (χ0n) is 17.8. The van der Waals surface area contributed by atoms with Crippen molar-refractivity contribution in [1.29, 1.82) is 5.26 Å². The lowest BCUT2D eigenvalue weighted by Crippen LogP contribution is -2.27. The zero-order chi connectivity index (χ0) is 23.1. The van der Waals surface area contributed by atoms with Crippen molar-refractivity contribution >= 4 is 29.4 Å². The Kier molecular flexibility index (Phi) is 7.29. The van der Waals surface area contributed by atoms with E-state index in [0.29, 0.717) is 35.6 Å². The van der Waals surface area contributed by atoms with E-state index >= 15 is 0 Å². The van der Waals surface area contributed by atoms with Gasteiger partial charge >= 0.3 is 18.0 Å². The Labute approximate surface area is 185 Å². The van der Waals surface area contributed by atoms with Crippen molar-refractivity contribution in [2.24, 2.45) is 0 Å². The van der Waals surface area contributed by atoms with Crippen LogP contribution in [0.4, 0.5) is 16.2 Å². The average molecular weight is 437 g/mol. The molecule has 2 aromatic rings. The van der Waals surface area contributed by atoms with Crippen molar-refractivity contribution in [2.75, 3.05) is 37.5 Å². The van der Waals surface area contributed by atoms with E-state index in [-0.39, 0.29) is 18.8 Å². The molecule has 32 heavy (non-hydrogen) atoms. The van der Waals surface area contributed by atoms with Gasteiger partial charge in [-0.05, 0) is 41.5 Å². The summed E-state index contributed by atoms with van der Waals surface area (Å²) in [5.74, 6) is -0.771. The van der Waals surface area contributed by atoms with E-state index in [9.17, 15) is 14.4 Å². The second-order valence-corrected chi connectivity index (χ2v) is 7.15.